The monoisotopic (exact) mass is 490 g/mol. The van der Waals surface area contributed by atoms with Crippen LogP contribution in [0.15, 0.2) is 58.4 Å². The number of sulfonamides is 1. The van der Waals surface area contributed by atoms with Gasteiger partial charge >= 0.3 is 0 Å². The van der Waals surface area contributed by atoms with Gasteiger partial charge in [0.2, 0.25) is 10.0 Å². The predicted molar refractivity (Wildman–Crippen MR) is 115 cm³/mol. The molecule has 0 fully saturated rings. The van der Waals surface area contributed by atoms with Gasteiger partial charge in [0.25, 0.3) is 0 Å². The highest BCUT2D eigenvalue weighted by Crippen LogP contribution is 2.16. The molecule has 7 nitrogen and oxygen atoms in total. The topological polar surface area (TPSA) is 97.0 Å². The molecule has 2 aromatic carbocycles. The van der Waals surface area contributed by atoms with E-state index in [1.807, 2.05) is 24.3 Å². The Morgan fingerprint density at radius 2 is 1.69 bits per heavy atom. The average Bonchev–Trinajstić information content (AvgIpc) is 2.61. The minimum atomic E-state index is -3.42. The number of benzene rings is 2. The molecular formula is C17H23IN4O3S. The molecule has 0 saturated carbocycles. The number of rotatable bonds is 6. The first-order chi connectivity index (χ1) is 11.8. The summed E-state index contributed by atoms with van der Waals surface area (Å²) in [4.78, 5) is 4.50. The van der Waals surface area contributed by atoms with Crippen LogP contribution in [-0.2, 0) is 16.6 Å². The Morgan fingerprint density at radius 1 is 1.12 bits per heavy atom. The highest BCUT2D eigenvalue weighted by Gasteiger charge is 2.16. The Kier molecular flexibility index (Phi) is 8.31. The van der Waals surface area contributed by atoms with E-state index in [1.165, 1.54) is 18.4 Å². The molecular weight excluding hydrogens is 467 g/mol. The van der Waals surface area contributed by atoms with Crippen molar-refractivity contribution in [2.45, 2.75) is 11.4 Å². The number of guanidine groups is 1. The fourth-order valence-electron chi connectivity index (χ4n) is 2.02. The lowest BCUT2D eigenvalue weighted by Crippen LogP contribution is -2.22. The summed E-state index contributed by atoms with van der Waals surface area (Å²) in [5, 5.41) is 2.98. The molecule has 0 aliphatic rings. The van der Waals surface area contributed by atoms with Gasteiger partial charge in [-0.25, -0.2) is 17.7 Å². The SMILES string of the molecule is COc1ccc(NC(N)=NCc2ccc(S(=O)(=O)N(C)C)cc2)cc1.I. The molecule has 3 N–H and O–H groups in total. The van der Waals surface area contributed by atoms with Crippen LogP contribution < -0.4 is 15.8 Å². The van der Waals surface area contributed by atoms with Crippen LogP contribution in [0.5, 0.6) is 5.75 Å². The molecule has 0 heterocycles. The fraction of sp³-hybridized carbons (Fsp3) is 0.235. The van der Waals surface area contributed by atoms with E-state index in [0.29, 0.717) is 6.54 Å². The van der Waals surface area contributed by atoms with Gasteiger partial charge in [0.1, 0.15) is 5.75 Å². The van der Waals surface area contributed by atoms with E-state index < -0.39 is 10.0 Å². The molecule has 0 saturated heterocycles. The van der Waals surface area contributed by atoms with Crippen molar-refractivity contribution in [1.29, 1.82) is 0 Å². The summed E-state index contributed by atoms with van der Waals surface area (Å²) < 4.78 is 30.3. The summed E-state index contributed by atoms with van der Waals surface area (Å²) in [6.07, 6.45) is 0. The lowest BCUT2D eigenvalue weighted by atomic mass is 10.2. The zero-order valence-electron chi connectivity index (χ0n) is 14.8. The van der Waals surface area contributed by atoms with Gasteiger partial charge in [0, 0.05) is 19.8 Å². The summed E-state index contributed by atoms with van der Waals surface area (Å²) >= 11 is 0. The highest BCUT2D eigenvalue weighted by atomic mass is 127. The molecule has 0 radical (unpaired) electrons. The Balaban J connectivity index is 0.00000338. The van der Waals surface area contributed by atoms with Gasteiger partial charge in [0.15, 0.2) is 5.96 Å². The van der Waals surface area contributed by atoms with Crippen LogP contribution in [0.1, 0.15) is 5.56 Å². The number of nitrogens with one attached hydrogen (secondary N) is 1. The molecule has 0 aromatic heterocycles. The van der Waals surface area contributed by atoms with Crippen molar-refractivity contribution >= 4 is 45.6 Å². The summed E-state index contributed by atoms with van der Waals surface area (Å²) in [5.74, 6) is 1.03. The first-order valence-corrected chi connectivity index (χ1v) is 8.99. The Bertz CT molecular complexity index is 835. The Labute approximate surface area is 171 Å². The number of ether oxygens (including phenoxy) is 1. The summed E-state index contributed by atoms with van der Waals surface area (Å²) in [6.45, 7) is 0.345. The van der Waals surface area contributed by atoms with Gasteiger partial charge in [0.05, 0.1) is 18.6 Å². The maximum absolute atomic E-state index is 12.0. The van der Waals surface area contributed by atoms with Crippen molar-refractivity contribution in [2.75, 3.05) is 26.5 Å². The van der Waals surface area contributed by atoms with E-state index in [9.17, 15) is 8.42 Å². The molecule has 0 atom stereocenters. The number of aliphatic imine (C=N–C) groups is 1. The summed E-state index contributed by atoms with van der Waals surface area (Å²) in [7, 11) is 1.18. The summed E-state index contributed by atoms with van der Waals surface area (Å²) in [6, 6.07) is 13.9. The van der Waals surface area contributed by atoms with Gasteiger partial charge in [-0.2, -0.15) is 0 Å². The molecule has 0 amide bonds. The maximum atomic E-state index is 12.0. The zero-order chi connectivity index (χ0) is 18.4. The van der Waals surface area contributed by atoms with Gasteiger partial charge in [-0.3, -0.25) is 0 Å². The Hall–Kier alpha value is -1.85. The first-order valence-electron chi connectivity index (χ1n) is 7.55. The molecule has 0 aliphatic carbocycles. The standard InChI is InChI=1S/C17H22N4O3S.HI/c1-21(2)25(22,23)16-10-4-13(5-11-16)12-19-17(18)20-14-6-8-15(24-3)9-7-14;/h4-11H,12H2,1-3H3,(H3,18,19,20);1H. The largest absolute Gasteiger partial charge is 0.497 e. The molecule has 0 bridgehead atoms. The smallest absolute Gasteiger partial charge is 0.242 e. The van der Waals surface area contributed by atoms with E-state index in [4.69, 9.17) is 10.5 Å². The van der Waals surface area contributed by atoms with Crippen LogP contribution in [0, 0.1) is 0 Å². The molecule has 0 aliphatic heterocycles. The molecule has 0 unspecified atom stereocenters. The molecule has 0 spiro atoms. The van der Waals surface area contributed by atoms with Crippen molar-refractivity contribution in [3.05, 3.63) is 54.1 Å². The molecule has 2 aromatic rings. The second-order valence-electron chi connectivity index (χ2n) is 5.49. The van der Waals surface area contributed by atoms with Crippen LogP contribution in [0.4, 0.5) is 5.69 Å². The second-order valence-corrected chi connectivity index (χ2v) is 7.64. The van der Waals surface area contributed by atoms with Crippen molar-refractivity contribution in [3.8, 4) is 5.75 Å². The minimum absolute atomic E-state index is 0. The minimum Gasteiger partial charge on any atom is -0.497 e. The van der Waals surface area contributed by atoms with Crippen LogP contribution in [0.3, 0.4) is 0 Å². The van der Waals surface area contributed by atoms with Crippen molar-refractivity contribution in [2.24, 2.45) is 10.7 Å². The van der Waals surface area contributed by atoms with Crippen molar-refractivity contribution < 1.29 is 13.2 Å². The van der Waals surface area contributed by atoms with E-state index in [0.717, 1.165) is 17.0 Å². The van der Waals surface area contributed by atoms with E-state index in [2.05, 4.69) is 10.3 Å². The average molecular weight is 490 g/mol. The van der Waals surface area contributed by atoms with Gasteiger partial charge in [-0.1, -0.05) is 12.1 Å². The number of hydrogen-bond acceptors (Lipinski definition) is 4. The van der Waals surface area contributed by atoms with Crippen LogP contribution >= 0.6 is 24.0 Å². The summed E-state index contributed by atoms with van der Waals surface area (Å²) in [5.41, 5.74) is 7.53. The third kappa shape index (κ3) is 5.85. The quantitative estimate of drug-likeness (QED) is 0.369. The molecule has 142 valence electrons. The Morgan fingerprint density at radius 3 is 2.19 bits per heavy atom. The highest BCUT2D eigenvalue weighted by molar-refractivity contribution is 14.0. The number of hydrogen-bond donors (Lipinski definition) is 2. The zero-order valence-corrected chi connectivity index (χ0v) is 18.0. The molecule has 2 rings (SSSR count). The lowest BCUT2D eigenvalue weighted by molar-refractivity contribution is 0.415. The van der Waals surface area contributed by atoms with Crippen molar-refractivity contribution in [1.82, 2.24) is 4.31 Å². The number of nitrogens with two attached hydrogens (primary N) is 1. The molecule has 26 heavy (non-hydrogen) atoms. The predicted octanol–water partition coefficient (Wildman–Crippen LogP) is 2.49. The fourth-order valence-corrected chi connectivity index (χ4v) is 2.92. The van der Waals surface area contributed by atoms with Crippen LogP contribution in [-0.4, -0.2) is 39.9 Å². The number of methoxy groups -OCH3 is 1. The lowest BCUT2D eigenvalue weighted by Gasteiger charge is -2.11. The van der Waals surface area contributed by atoms with Gasteiger partial charge in [-0.15, -0.1) is 24.0 Å². The van der Waals surface area contributed by atoms with Crippen LogP contribution in [0.2, 0.25) is 0 Å². The number of anilines is 1. The maximum Gasteiger partial charge on any atom is 0.242 e. The first kappa shape index (κ1) is 22.2. The van der Waals surface area contributed by atoms with Gasteiger partial charge < -0.3 is 15.8 Å². The normalized spacial score (nSPS) is 11.8. The number of halogens is 1. The number of nitrogens with zero attached hydrogens (tertiary/aromatic N) is 2. The van der Waals surface area contributed by atoms with Crippen LogP contribution in [0.25, 0.3) is 0 Å². The van der Waals surface area contributed by atoms with E-state index >= 15 is 0 Å². The van der Waals surface area contributed by atoms with E-state index in [1.54, 1.807) is 31.4 Å². The third-order valence-corrected chi connectivity index (χ3v) is 5.33. The van der Waals surface area contributed by atoms with E-state index in [-0.39, 0.29) is 34.8 Å². The third-order valence-electron chi connectivity index (χ3n) is 3.50. The second kappa shape index (κ2) is 9.74. The molecule has 9 heteroatoms. The van der Waals surface area contributed by atoms with Crippen molar-refractivity contribution in [3.63, 3.8) is 0 Å². The van der Waals surface area contributed by atoms with Gasteiger partial charge in [-0.05, 0) is 42.0 Å².